The lowest BCUT2D eigenvalue weighted by Gasteiger charge is -2.34. The SMILES string of the molecule is CCC(CN)(Nc1ccccc1Br)C1CC1. The first-order valence-corrected chi connectivity index (χ1v) is 6.74. The van der Waals surface area contributed by atoms with Crippen LogP contribution in [0.3, 0.4) is 0 Å². The van der Waals surface area contributed by atoms with Gasteiger partial charge in [-0.05, 0) is 53.2 Å². The summed E-state index contributed by atoms with van der Waals surface area (Å²) in [7, 11) is 0. The van der Waals surface area contributed by atoms with Crippen LogP contribution in [0, 0.1) is 5.92 Å². The minimum Gasteiger partial charge on any atom is -0.377 e. The summed E-state index contributed by atoms with van der Waals surface area (Å²) >= 11 is 3.57. The van der Waals surface area contributed by atoms with E-state index in [1.54, 1.807) is 0 Å². The Bertz CT molecular complexity index is 357. The smallest absolute Gasteiger partial charge is 0.0521 e. The predicted octanol–water partition coefficient (Wildman–Crippen LogP) is 3.38. The van der Waals surface area contributed by atoms with Gasteiger partial charge in [0.1, 0.15) is 0 Å². The number of anilines is 1. The molecule has 3 heteroatoms. The van der Waals surface area contributed by atoms with Crippen LogP contribution >= 0.6 is 15.9 Å². The van der Waals surface area contributed by atoms with Gasteiger partial charge >= 0.3 is 0 Å². The Hall–Kier alpha value is -0.540. The highest BCUT2D eigenvalue weighted by Gasteiger charge is 2.43. The molecule has 0 heterocycles. The summed E-state index contributed by atoms with van der Waals surface area (Å²) < 4.78 is 1.11. The molecule has 0 radical (unpaired) electrons. The van der Waals surface area contributed by atoms with Crippen molar-refractivity contribution in [2.45, 2.75) is 31.7 Å². The van der Waals surface area contributed by atoms with Crippen LogP contribution in [0.15, 0.2) is 28.7 Å². The molecule has 2 nitrogen and oxygen atoms in total. The summed E-state index contributed by atoms with van der Waals surface area (Å²) in [5.74, 6) is 0.745. The van der Waals surface area contributed by atoms with Crippen molar-refractivity contribution in [3.05, 3.63) is 28.7 Å². The van der Waals surface area contributed by atoms with Crippen LogP contribution in [0.2, 0.25) is 0 Å². The highest BCUT2D eigenvalue weighted by atomic mass is 79.9. The van der Waals surface area contributed by atoms with Crippen LogP contribution in [0.25, 0.3) is 0 Å². The van der Waals surface area contributed by atoms with E-state index in [4.69, 9.17) is 5.73 Å². The lowest BCUT2D eigenvalue weighted by Crippen LogP contribution is -2.47. The number of benzene rings is 1. The molecule has 0 amide bonds. The minimum absolute atomic E-state index is 0.0872. The molecular formula is C13H19BrN2. The van der Waals surface area contributed by atoms with E-state index in [0.29, 0.717) is 6.54 Å². The minimum atomic E-state index is 0.0872. The van der Waals surface area contributed by atoms with Gasteiger partial charge in [0.25, 0.3) is 0 Å². The molecule has 88 valence electrons. The fourth-order valence-corrected chi connectivity index (χ4v) is 2.69. The Morgan fingerprint density at radius 2 is 2.12 bits per heavy atom. The zero-order valence-electron chi connectivity index (χ0n) is 9.67. The van der Waals surface area contributed by atoms with Crippen molar-refractivity contribution in [1.82, 2.24) is 0 Å². The van der Waals surface area contributed by atoms with E-state index in [9.17, 15) is 0 Å². The van der Waals surface area contributed by atoms with Crippen molar-refractivity contribution in [2.24, 2.45) is 11.7 Å². The Kier molecular flexibility index (Phi) is 3.55. The Morgan fingerprint density at radius 3 is 2.62 bits per heavy atom. The third kappa shape index (κ3) is 2.25. The molecule has 1 aliphatic carbocycles. The van der Waals surface area contributed by atoms with Crippen molar-refractivity contribution in [3.63, 3.8) is 0 Å². The molecule has 1 saturated carbocycles. The first-order chi connectivity index (χ1) is 7.72. The van der Waals surface area contributed by atoms with Crippen LogP contribution in [0.1, 0.15) is 26.2 Å². The van der Waals surface area contributed by atoms with Crippen molar-refractivity contribution < 1.29 is 0 Å². The first-order valence-electron chi connectivity index (χ1n) is 5.94. The predicted molar refractivity (Wildman–Crippen MR) is 72.6 cm³/mol. The number of nitrogens with one attached hydrogen (secondary N) is 1. The average molecular weight is 283 g/mol. The summed E-state index contributed by atoms with van der Waals surface area (Å²) in [5, 5.41) is 3.65. The molecule has 0 bridgehead atoms. The molecule has 2 rings (SSSR count). The number of hydrogen-bond donors (Lipinski definition) is 2. The number of nitrogens with two attached hydrogens (primary N) is 1. The van der Waals surface area contributed by atoms with Gasteiger partial charge in [-0.15, -0.1) is 0 Å². The number of para-hydroxylation sites is 1. The standard InChI is InChI=1S/C13H19BrN2/c1-2-13(9-15,10-7-8-10)16-12-6-4-3-5-11(12)14/h3-6,10,16H,2,7-9,15H2,1H3. The van der Waals surface area contributed by atoms with E-state index >= 15 is 0 Å². The largest absolute Gasteiger partial charge is 0.377 e. The van der Waals surface area contributed by atoms with Gasteiger partial charge in [-0.3, -0.25) is 0 Å². The molecule has 0 spiro atoms. The van der Waals surface area contributed by atoms with Crippen LogP contribution in [0.5, 0.6) is 0 Å². The van der Waals surface area contributed by atoms with E-state index in [1.165, 1.54) is 12.8 Å². The number of hydrogen-bond acceptors (Lipinski definition) is 2. The zero-order valence-corrected chi connectivity index (χ0v) is 11.3. The second-order valence-corrected chi connectivity index (χ2v) is 5.45. The van der Waals surface area contributed by atoms with E-state index in [2.05, 4.69) is 46.4 Å². The van der Waals surface area contributed by atoms with Gasteiger partial charge in [0.05, 0.1) is 5.54 Å². The second-order valence-electron chi connectivity index (χ2n) is 4.59. The first kappa shape index (κ1) is 11.9. The van der Waals surface area contributed by atoms with Crippen LogP contribution in [-0.2, 0) is 0 Å². The van der Waals surface area contributed by atoms with Crippen molar-refractivity contribution >= 4 is 21.6 Å². The monoisotopic (exact) mass is 282 g/mol. The third-order valence-corrected chi connectivity index (χ3v) is 4.30. The topological polar surface area (TPSA) is 38.0 Å². The molecule has 1 aromatic carbocycles. The Balaban J connectivity index is 2.20. The molecule has 16 heavy (non-hydrogen) atoms. The fraction of sp³-hybridized carbons (Fsp3) is 0.538. The summed E-state index contributed by atoms with van der Waals surface area (Å²) in [6, 6.07) is 8.25. The van der Waals surface area contributed by atoms with Gasteiger partial charge in [-0.25, -0.2) is 0 Å². The molecule has 1 fully saturated rings. The van der Waals surface area contributed by atoms with E-state index in [1.807, 2.05) is 6.07 Å². The molecule has 1 unspecified atom stereocenters. The van der Waals surface area contributed by atoms with Crippen LogP contribution < -0.4 is 11.1 Å². The molecule has 0 aromatic heterocycles. The van der Waals surface area contributed by atoms with Gasteiger partial charge in [0.15, 0.2) is 0 Å². The highest BCUT2D eigenvalue weighted by molar-refractivity contribution is 9.10. The van der Waals surface area contributed by atoms with Gasteiger partial charge in [-0.2, -0.15) is 0 Å². The maximum absolute atomic E-state index is 5.98. The molecule has 3 N–H and O–H groups in total. The molecule has 0 aliphatic heterocycles. The lowest BCUT2D eigenvalue weighted by atomic mass is 9.89. The van der Waals surface area contributed by atoms with Gasteiger partial charge < -0.3 is 11.1 Å². The third-order valence-electron chi connectivity index (χ3n) is 3.61. The van der Waals surface area contributed by atoms with Gasteiger partial charge in [-0.1, -0.05) is 19.1 Å². The van der Waals surface area contributed by atoms with Crippen molar-refractivity contribution in [2.75, 3.05) is 11.9 Å². The second kappa shape index (κ2) is 4.76. The maximum atomic E-state index is 5.98. The van der Waals surface area contributed by atoms with E-state index < -0.39 is 0 Å². The summed E-state index contributed by atoms with van der Waals surface area (Å²) in [6.45, 7) is 2.92. The highest BCUT2D eigenvalue weighted by Crippen LogP contribution is 2.43. The Labute approximate surface area is 106 Å². The van der Waals surface area contributed by atoms with Gasteiger partial charge in [0.2, 0.25) is 0 Å². The normalized spacial score (nSPS) is 19.2. The van der Waals surface area contributed by atoms with E-state index in [-0.39, 0.29) is 5.54 Å². The summed E-state index contributed by atoms with van der Waals surface area (Å²) in [6.07, 6.45) is 3.69. The zero-order chi connectivity index (χ0) is 11.6. The molecule has 1 aliphatic rings. The number of rotatable bonds is 5. The maximum Gasteiger partial charge on any atom is 0.0521 e. The fourth-order valence-electron chi connectivity index (χ4n) is 2.31. The summed E-state index contributed by atoms with van der Waals surface area (Å²) in [5.41, 5.74) is 7.22. The van der Waals surface area contributed by atoms with Crippen LogP contribution in [-0.4, -0.2) is 12.1 Å². The Morgan fingerprint density at radius 1 is 1.44 bits per heavy atom. The average Bonchev–Trinajstić information content (AvgIpc) is 3.13. The van der Waals surface area contributed by atoms with Gasteiger partial charge in [0, 0.05) is 16.7 Å². The number of halogens is 1. The van der Waals surface area contributed by atoms with Crippen molar-refractivity contribution in [1.29, 1.82) is 0 Å². The van der Waals surface area contributed by atoms with Crippen LogP contribution in [0.4, 0.5) is 5.69 Å². The molecule has 1 aromatic rings. The lowest BCUT2D eigenvalue weighted by molar-refractivity contribution is 0.404. The summed E-state index contributed by atoms with van der Waals surface area (Å²) in [4.78, 5) is 0. The molecule has 1 atom stereocenters. The van der Waals surface area contributed by atoms with E-state index in [0.717, 1.165) is 22.5 Å². The molecular weight excluding hydrogens is 264 g/mol. The quantitative estimate of drug-likeness (QED) is 0.869. The van der Waals surface area contributed by atoms with Crippen molar-refractivity contribution in [3.8, 4) is 0 Å². The molecule has 0 saturated heterocycles.